The van der Waals surface area contributed by atoms with Crippen molar-refractivity contribution in [2.45, 2.75) is 17.1 Å². The minimum Gasteiger partial charge on any atom is -0.477 e. The van der Waals surface area contributed by atoms with E-state index in [-0.39, 0.29) is 15.6 Å². The third-order valence-electron chi connectivity index (χ3n) is 2.49. The second-order valence-electron chi connectivity index (χ2n) is 3.96. The number of imidazole rings is 1. The SMILES string of the molecule is O=C(O)c1ccc(S(=O)(=O)NCCCc2ncc[nH]2)s1. The zero-order chi connectivity index (χ0) is 14.6. The van der Waals surface area contributed by atoms with Crippen LogP contribution in [0.15, 0.2) is 28.7 Å². The number of thiophene rings is 1. The maximum absolute atomic E-state index is 11.9. The van der Waals surface area contributed by atoms with E-state index in [2.05, 4.69) is 14.7 Å². The van der Waals surface area contributed by atoms with Crippen molar-refractivity contribution >= 4 is 27.3 Å². The zero-order valence-electron chi connectivity index (χ0n) is 10.4. The van der Waals surface area contributed by atoms with Gasteiger partial charge >= 0.3 is 5.97 Å². The lowest BCUT2D eigenvalue weighted by atomic mass is 10.3. The van der Waals surface area contributed by atoms with E-state index < -0.39 is 16.0 Å². The molecule has 0 unspecified atom stereocenters. The van der Waals surface area contributed by atoms with Gasteiger partial charge < -0.3 is 10.1 Å². The lowest BCUT2D eigenvalue weighted by Crippen LogP contribution is -2.24. The van der Waals surface area contributed by atoms with E-state index in [0.717, 1.165) is 17.2 Å². The van der Waals surface area contributed by atoms with Crippen molar-refractivity contribution < 1.29 is 18.3 Å². The summed E-state index contributed by atoms with van der Waals surface area (Å²) in [5, 5.41) is 8.77. The lowest BCUT2D eigenvalue weighted by molar-refractivity contribution is 0.0702. The van der Waals surface area contributed by atoms with Gasteiger partial charge in [0.05, 0.1) is 0 Å². The normalized spacial score (nSPS) is 11.6. The predicted molar refractivity (Wildman–Crippen MR) is 73.4 cm³/mol. The molecule has 2 rings (SSSR count). The highest BCUT2D eigenvalue weighted by Crippen LogP contribution is 2.21. The van der Waals surface area contributed by atoms with Crippen molar-refractivity contribution in [3.8, 4) is 0 Å². The molecule has 0 fully saturated rings. The third-order valence-corrected chi connectivity index (χ3v) is 5.52. The highest BCUT2D eigenvalue weighted by atomic mass is 32.2. The Morgan fingerprint density at radius 1 is 1.45 bits per heavy atom. The number of sulfonamides is 1. The van der Waals surface area contributed by atoms with Crippen molar-refractivity contribution in [3.05, 3.63) is 35.2 Å². The van der Waals surface area contributed by atoms with Crippen LogP contribution in [-0.4, -0.2) is 36.0 Å². The van der Waals surface area contributed by atoms with Gasteiger partial charge in [-0.15, -0.1) is 11.3 Å². The Morgan fingerprint density at radius 2 is 2.25 bits per heavy atom. The minimum absolute atomic E-state index is 0.000889. The Hall–Kier alpha value is -1.71. The second-order valence-corrected chi connectivity index (χ2v) is 7.04. The molecule has 3 N–H and O–H groups in total. The summed E-state index contributed by atoms with van der Waals surface area (Å²) >= 11 is 0.735. The first-order valence-electron chi connectivity index (χ1n) is 5.80. The molecule has 0 saturated heterocycles. The second kappa shape index (κ2) is 6.16. The number of aromatic carboxylic acids is 1. The fourth-order valence-corrected chi connectivity index (χ4v) is 3.81. The Morgan fingerprint density at radius 3 is 2.85 bits per heavy atom. The first-order chi connectivity index (χ1) is 9.49. The topological polar surface area (TPSA) is 112 Å². The molecule has 0 saturated carbocycles. The number of nitrogens with one attached hydrogen (secondary N) is 2. The Labute approximate surface area is 119 Å². The van der Waals surface area contributed by atoms with E-state index in [4.69, 9.17) is 5.11 Å². The summed E-state index contributed by atoms with van der Waals surface area (Å²) in [6.45, 7) is 0.267. The lowest BCUT2D eigenvalue weighted by Gasteiger charge is -2.03. The number of hydrogen-bond donors (Lipinski definition) is 3. The van der Waals surface area contributed by atoms with Gasteiger partial charge in [-0.1, -0.05) is 0 Å². The summed E-state index contributed by atoms with van der Waals surface area (Å²) in [7, 11) is -3.64. The van der Waals surface area contributed by atoms with Gasteiger partial charge in [0.15, 0.2) is 0 Å². The molecule has 0 amide bonds. The molecule has 20 heavy (non-hydrogen) atoms. The smallest absolute Gasteiger partial charge is 0.345 e. The Bertz CT molecular complexity index is 676. The summed E-state index contributed by atoms with van der Waals surface area (Å²) in [4.78, 5) is 17.7. The number of carboxylic acids is 1. The van der Waals surface area contributed by atoms with Crippen LogP contribution in [0.1, 0.15) is 21.9 Å². The van der Waals surface area contributed by atoms with Crippen molar-refractivity contribution in [2.75, 3.05) is 6.54 Å². The van der Waals surface area contributed by atoms with Crippen LogP contribution >= 0.6 is 11.3 Å². The first-order valence-corrected chi connectivity index (χ1v) is 8.10. The van der Waals surface area contributed by atoms with Crippen molar-refractivity contribution in [3.63, 3.8) is 0 Å². The number of carboxylic acid groups (broad SMARTS) is 1. The average molecular weight is 315 g/mol. The molecule has 0 aliphatic rings. The third kappa shape index (κ3) is 3.65. The predicted octanol–water partition coefficient (Wildman–Crippen LogP) is 1.08. The first kappa shape index (κ1) is 14.7. The minimum atomic E-state index is -3.64. The van der Waals surface area contributed by atoms with Crippen LogP contribution in [0.25, 0.3) is 0 Å². The van der Waals surface area contributed by atoms with E-state index >= 15 is 0 Å². The molecule has 0 radical (unpaired) electrons. The van der Waals surface area contributed by atoms with Gasteiger partial charge in [0, 0.05) is 25.4 Å². The number of carbonyl (C=O) groups is 1. The van der Waals surface area contributed by atoms with Crippen LogP contribution < -0.4 is 4.72 Å². The Kier molecular flexibility index (Phi) is 4.53. The maximum Gasteiger partial charge on any atom is 0.345 e. The zero-order valence-corrected chi connectivity index (χ0v) is 12.0. The van der Waals surface area contributed by atoms with Crippen LogP contribution in [0.4, 0.5) is 0 Å². The standard InChI is InChI=1S/C11H13N3O4S2/c15-11(16)8-3-4-10(19-8)20(17,18)14-5-1-2-9-12-6-7-13-9/h3-4,6-7,14H,1-2,5H2,(H,12,13)(H,15,16). The number of nitrogens with zero attached hydrogens (tertiary/aromatic N) is 1. The molecule has 2 heterocycles. The fourth-order valence-electron chi connectivity index (χ4n) is 1.55. The number of H-pyrrole nitrogens is 1. The summed E-state index contributed by atoms with van der Waals surface area (Å²) in [6, 6.07) is 2.58. The number of aromatic amines is 1. The molecule has 0 atom stereocenters. The van der Waals surface area contributed by atoms with Crippen molar-refractivity contribution in [2.24, 2.45) is 0 Å². The molecule has 0 aliphatic carbocycles. The quantitative estimate of drug-likeness (QED) is 0.662. The van der Waals surface area contributed by atoms with E-state index in [1.807, 2.05) is 0 Å². The maximum atomic E-state index is 11.9. The van der Waals surface area contributed by atoms with E-state index in [1.165, 1.54) is 12.1 Å². The molecule has 2 aromatic rings. The van der Waals surface area contributed by atoms with Crippen molar-refractivity contribution in [1.29, 1.82) is 0 Å². The summed E-state index contributed by atoms with van der Waals surface area (Å²) in [5.41, 5.74) is 0. The molecule has 0 spiro atoms. The van der Waals surface area contributed by atoms with E-state index in [9.17, 15) is 13.2 Å². The summed E-state index contributed by atoms with van der Waals surface area (Å²) in [5.74, 6) is -0.331. The van der Waals surface area contributed by atoms with Gasteiger partial charge in [0.25, 0.3) is 0 Å². The van der Waals surface area contributed by atoms with Crippen LogP contribution in [0.3, 0.4) is 0 Å². The van der Waals surface area contributed by atoms with E-state index in [1.54, 1.807) is 12.4 Å². The van der Waals surface area contributed by atoms with Gasteiger partial charge in [-0.25, -0.2) is 22.9 Å². The van der Waals surface area contributed by atoms with Crippen LogP contribution in [-0.2, 0) is 16.4 Å². The molecule has 0 aromatic carbocycles. The number of aromatic nitrogens is 2. The molecule has 7 nitrogen and oxygen atoms in total. The monoisotopic (exact) mass is 315 g/mol. The van der Waals surface area contributed by atoms with Crippen molar-refractivity contribution in [1.82, 2.24) is 14.7 Å². The average Bonchev–Trinajstić information content (AvgIpc) is 3.05. The summed E-state index contributed by atoms with van der Waals surface area (Å²) in [6.07, 6.45) is 4.58. The van der Waals surface area contributed by atoms with Crippen LogP contribution in [0.5, 0.6) is 0 Å². The van der Waals surface area contributed by atoms with Gasteiger partial charge in [0.1, 0.15) is 14.9 Å². The molecular weight excluding hydrogens is 302 g/mol. The number of rotatable bonds is 7. The van der Waals surface area contributed by atoms with Gasteiger partial charge in [-0.3, -0.25) is 0 Å². The largest absolute Gasteiger partial charge is 0.477 e. The van der Waals surface area contributed by atoms with Gasteiger partial charge in [0.2, 0.25) is 10.0 Å². The summed E-state index contributed by atoms with van der Waals surface area (Å²) < 4.78 is 26.3. The molecule has 9 heteroatoms. The molecule has 108 valence electrons. The highest BCUT2D eigenvalue weighted by molar-refractivity contribution is 7.91. The Balaban J connectivity index is 1.88. The molecule has 0 bridgehead atoms. The van der Waals surface area contributed by atoms with E-state index in [0.29, 0.717) is 12.8 Å². The highest BCUT2D eigenvalue weighted by Gasteiger charge is 2.18. The number of hydrogen-bond acceptors (Lipinski definition) is 5. The molecule has 2 aromatic heterocycles. The van der Waals surface area contributed by atoms with Crippen LogP contribution in [0, 0.1) is 0 Å². The fraction of sp³-hybridized carbons (Fsp3) is 0.273. The van der Waals surface area contributed by atoms with Gasteiger partial charge in [-0.05, 0) is 18.6 Å². The molecule has 0 aliphatic heterocycles. The number of aryl methyl sites for hydroxylation is 1. The van der Waals surface area contributed by atoms with Gasteiger partial charge in [-0.2, -0.15) is 0 Å². The van der Waals surface area contributed by atoms with Crippen LogP contribution in [0.2, 0.25) is 0 Å². The molecular formula is C11H13N3O4S2.